The Labute approximate surface area is 139 Å². The smallest absolute Gasteiger partial charge is 0.490 e. The SMILES string of the molecule is NCc1cc2cc(-c3cncc(O)c3)ccc2[nH]1.O=C(O)C(F)(F)F. The predicted molar refractivity (Wildman–Crippen MR) is 84.8 cm³/mol. The second-order valence-electron chi connectivity index (χ2n) is 5.04. The number of fused-ring (bicyclic) bond motifs is 1. The van der Waals surface area contributed by atoms with E-state index in [9.17, 15) is 18.3 Å². The number of hydrogen-bond donors (Lipinski definition) is 4. The van der Waals surface area contributed by atoms with E-state index in [1.54, 1.807) is 12.3 Å². The zero-order valence-electron chi connectivity index (χ0n) is 12.7. The van der Waals surface area contributed by atoms with Gasteiger partial charge in [0.1, 0.15) is 5.75 Å². The molecule has 0 unspecified atom stereocenters. The number of hydrogen-bond acceptors (Lipinski definition) is 4. The molecule has 0 aliphatic carbocycles. The molecule has 0 aliphatic rings. The van der Waals surface area contributed by atoms with E-state index in [-0.39, 0.29) is 5.75 Å². The Bertz CT molecular complexity index is 891. The highest BCUT2D eigenvalue weighted by molar-refractivity contribution is 5.85. The fourth-order valence-electron chi connectivity index (χ4n) is 2.07. The van der Waals surface area contributed by atoms with Crippen molar-refractivity contribution in [1.29, 1.82) is 0 Å². The van der Waals surface area contributed by atoms with E-state index >= 15 is 0 Å². The van der Waals surface area contributed by atoms with Crippen molar-refractivity contribution in [1.82, 2.24) is 9.97 Å². The van der Waals surface area contributed by atoms with Gasteiger partial charge < -0.3 is 20.9 Å². The quantitative estimate of drug-likeness (QED) is 0.566. The van der Waals surface area contributed by atoms with Gasteiger partial charge in [0.15, 0.2) is 0 Å². The van der Waals surface area contributed by atoms with Crippen molar-refractivity contribution in [3.8, 4) is 16.9 Å². The molecule has 132 valence electrons. The first-order chi connectivity index (χ1) is 11.7. The van der Waals surface area contributed by atoms with Crippen LogP contribution in [0, 0.1) is 0 Å². The van der Waals surface area contributed by atoms with Crippen molar-refractivity contribution >= 4 is 16.9 Å². The summed E-state index contributed by atoms with van der Waals surface area (Å²) in [5.74, 6) is -2.59. The average molecular weight is 353 g/mol. The molecule has 25 heavy (non-hydrogen) atoms. The first-order valence-corrected chi connectivity index (χ1v) is 6.97. The normalized spacial score (nSPS) is 11.0. The highest BCUT2D eigenvalue weighted by atomic mass is 19.4. The fourth-order valence-corrected chi connectivity index (χ4v) is 2.07. The van der Waals surface area contributed by atoms with E-state index < -0.39 is 12.1 Å². The summed E-state index contributed by atoms with van der Waals surface area (Å²) >= 11 is 0. The van der Waals surface area contributed by atoms with Crippen LogP contribution in [0.15, 0.2) is 42.7 Å². The number of halogens is 3. The lowest BCUT2D eigenvalue weighted by Crippen LogP contribution is -2.21. The van der Waals surface area contributed by atoms with Crippen LogP contribution >= 0.6 is 0 Å². The first-order valence-electron chi connectivity index (χ1n) is 6.97. The maximum absolute atomic E-state index is 10.6. The van der Waals surface area contributed by atoms with E-state index in [0.717, 1.165) is 27.7 Å². The minimum Gasteiger partial charge on any atom is -0.506 e. The van der Waals surface area contributed by atoms with Gasteiger partial charge in [0, 0.05) is 34.9 Å². The molecule has 0 fully saturated rings. The van der Waals surface area contributed by atoms with Crippen LogP contribution in [0.25, 0.3) is 22.0 Å². The minimum atomic E-state index is -5.08. The van der Waals surface area contributed by atoms with Gasteiger partial charge >= 0.3 is 12.1 Å². The zero-order valence-corrected chi connectivity index (χ0v) is 12.7. The van der Waals surface area contributed by atoms with Gasteiger partial charge in [-0.05, 0) is 29.8 Å². The van der Waals surface area contributed by atoms with Gasteiger partial charge in [-0.1, -0.05) is 6.07 Å². The summed E-state index contributed by atoms with van der Waals surface area (Å²) in [4.78, 5) is 16.1. The van der Waals surface area contributed by atoms with Gasteiger partial charge in [0.2, 0.25) is 0 Å². The Kier molecular flexibility index (Phi) is 5.28. The topological polar surface area (TPSA) is 112 Å². The molecule has 1 aromatic carbocycles. The molecule has 0 bridgehead atoms. The van der Waals surface area contributed by atoms with E-state index in [0.29, 0.717) is 6.54 Å². The molecular weight excluding hydrogens is 339 g/mol. The molecule has 6 nitrogen and oxygen atoms in total. The number of alkyl halides is 3. The van der Waals surface area contributed by atoms with Crippen LogP contribution in [0.1, 0.15) is 5.69 Å². The van der Waals surface area contributed by atoms with Crippen molar-refractivity contribution in [3.63, 3.8) is 0 Å². The van der Waals surface area contributed by atoms with E-state index in [2.05, 4.69) is 16.0 Å². The van der Waals surface area contributed by atoms with Crippen LogP contribution in [0.2, 0.25) is 0 Å². The third-order valence-corrected chi connectivity index (χ3v) is 3.20. The number of carboxylic acid groups (broad SMARTS) is 1. The Morgan fingerprint density at radius 3 is 2.40 bits per heavy atom. The number of carboxylic acids is 1. The average Bonchev–Trinajstić information content (AvgIpc) is 2.96. The molecule has 3 aromatic rings. The Balaban J connectivity index is 0.000000277. The van der Waals surface area contributed by atoms with Crippen LogP contribution in [-0.4, -0.2) is 32.3 Å². The molecule has 0 aliphatic heterocycles. The van der Waals surface area contributed by atoms with Crippen molar-refractivity contribution in [2.75, 3.05) is 0 Å². The molecule has 0 radical (unpaired) electrons. The molecule has 2 aromatic heterocycles. The van der Waals surface area contributed by atoms with Crippen molar-refractivity contribution in [2.24, 2.45) is 5.73 Å². The summed E-state index contributed by atoms with van der Waals surface area (Å²) in [6.45, 7) is 0.498. The molecule has 0 spiro atoms. The van der Waals surface area contributed by atoms with Crippen LogP contribution in [0.5, 0.6) is 5.75 Å². The van der Waals surface area contributed by atoms with Crippen molar-refractivity contribution < 1.29 is 28.2 Å². The number of pyridine rings is 1. The fraction of sp³-hybridized carbons (Fsp3) is 0.125. The molecule has 9 heteroatoms. The number of aromatic hydroxyl groups is 1. The summed E-state index contributed by atoms with van der Waals surface area (Å²) in [6, 6.07) is 9.80. The number of nitrogens with two attached hydrogens (primary N) is 1. The molecule has 2 heterocycles. The number of rotatable bonds is 2. The van der Waals surface area contributed by atoms with Gasteiger partial charge in [0.05, 0.1) is 6.20 Å². The number of benzene rings is 1. The number of nitrogens with one attached hydrogen (secondary N) is 1. The maximum Gasteiger partial charge on any atom is 0.490 e. The lowest BCUT2D eigenvalue weighted by molar-refractivity contribution is -0.192. The monoisotopic (exact) mass is 353 g/mol. The summed E-state index contributed by atoms with van der Waals surface area (Å²) in [6.07, 6.45) is -1.93. The second kappa shape index (κ2) is 7.22. The first kappa shape index (κ1) is 18.3. The van der Waals surface area contributed by atoms with E-state index in [1.807, 2.05) is 18.2 Å². The molecule has 0 atom stereocenters. The van der Waals surface area contributed by atoms with Gasteiger partial charge in [-0.2, -0.15) is 13.2 Å². The number of aliphatic carboxylic acids is 1. The Morgan fingerprint density at radius 2 is 1.84 bits per heavy atom. The van der Waals surface area contributed by atoms with Crippen LogP contribution < -0.4 is 5.73 Å². The highest BCUT2D eigenvalue weighted by Crippen LogP contribution is 2.26. The molecule has 3 rings (SSSR count). The van der Waals surface area contributed by atoms with Gasteiger partial charge in [-0.25, -0.2) is 4.79 Å². The van der Waals surface area contributed by atoms with Crippen molar-refractivity contribution in [3.05, 3.63) is 48.4 Å². The van der Waals surface area contributed by atoms with Crippen LogP contribution in [0.3, 0.4) is 0 Å². The highest BCUT2D eigenvalue weighted by Gasteiger charge is 2.38. The van der Waals surface area contributed by atoms with E-state index in [4.69, 9.17) is 15.6 Å². The number of aromatic amines is 1. The lowest BCUT2D eigenvalue weighted by atomic mass is 10.1. The molecule has 0 saturated heterocycles. The van der Waals surface area contributed by atoms with Crippen LogP contribution in [-0.2, 0) is 11.3 Å². The molecular formula is C16H14F3N3O3. The maximum atomic E-state index is 10.6. The third-order valence-electron chi connectivity index (χ3n) is 3.20. The van der Waals surface area contributed by atoms with Gasteiger partial charge in [-0.15, -0.1) is 0 Å². The summed E-state index contributed by atoms with van der Waals surface area (Å²) < 4.78 is 31.7. The van der Waals surface area contributed by atoms with Crippen molar-refractivity contribution in [2.45, 2.75) is 12.7 Å². The van der Waals surface area contributed by atoms with Gasteiger partial charge in [0.25, 0.3) is 0 Å². The standard InChI is InChI=1S/C14H13N3O.C2HF3O2/c15-6-12-4-10-3-9(1-2-14(10)17-12)11-5-13(18)8-16-7-11;3-2(4,5)1(6)7/h1-5,7-8,17-18H,6,15H2;(H,6,7). The minimum absolute atomic E-state index is 0.171. The Hall–Kier alpha value is -3.07. The number of carbonyl (C=O) groups is 1. The summed E-state index contributed by atoms with van der Waals surface area (Å²) in [5.41, 5.74) is 9.60. The van der Waals surface area contributed by atoms with Gasteiger partial charge in [-0.3, -0.25) is 4.98 Å². The lowest BCUT2D eigenvalue weighted by Gasteiger charge is -2.01. The zero-order chi connectivity index (χ0) is 18.6. The predicted octanol–water partition coefficient (Wildman–Crippen LogP) is 3.03. The molecule has 0 saturated carbocycles. The number of aromatic nitrogens is 2. The summed E-state index contributed by atoms with van der Waals surface area (Å²) in [5, 5.41) is 17.7. The molecule has 5 N–H and O–H groups in total. The largest absolute Gasteiger partial charge is 0.506 e. The number of H-pyrrole nitrogens is 1. The third kappa shape index (κ3) is 4.70. The second-order valence-corrected chi connectivity index (χ2v) is 5.04. The van der Waals surface area contributed by atoms with Crippen LogP contribution in [0.4, 0.5) is 13.2 Å². The van der Waals surface area contributed by atoms with E-state index in [1.165, 1.54) is 6.20 Å². The molecule has 0 amide bonds. The number of nitrogens with zero attached hydrogens (tertiary/aromatic N) is 1. The summed E-state index contributed by atoms with van der Waals surface area (Å²) in [7, 11) is 0. The Morgan fingerprint density at radius 1 is 1.16 bits per heavy atom.